The van der Waals surface area contributed by atoms with E-state index in [2.05, 4.69) is 0 Å². The Balaban J connectivity index is 2.77. The van der Waals surface area contributed by atoms with Crippen LogP contribution in [0, 0.1) is 0 Å². The molecule has 110 valence electrons. The lowest BCUT2D eigenvalue weighted by atomic mass is 10.0. The van der Waals surface area contributed by atoms with Crippen molar-refractivity contribution in [2.75, 3.05) is 0 Å². The molecule has 1 aromatic rings. The van der Waals surface area contributed by atoms with Gasteiger partial charge < -0.3 is 9.84 Å². The number of rotatable bonds is 4. The molecule has 0 unspecified atom stereocenters. The molecular formula is C15H21NO4. The molecule has 1 N–H and O–H groups in total. The summed E-state index contributed by atoms with van der Waals surface area (Å²) in [5.41, 5.74) is 0.226. The van der Waals surface area contributed by atoms with Crippen molar-refractivity contribution < 1.29 is 19.4 Å². The van der Waals surface area contributed by atoms with Gasteiger partial charge in [-0.3, -0.25) is 4.90 Å². The highest BCUT2D eigenvalue weighted by molar-refractivity contribution is 5.80. The van der Waals surface area contributed by atoms with Gasteiger partial charge in [-0.05, 0) is 33.3 Å². The Bertz CT molecular complexity index is 465. The first-order valence-corrected chi connectivity index (χ1v) is 6.46. The number of carboxylic acid groups (broad SMARTS) is 1. The summed E-state index contributed by atoms with van der Waals surface area (Å²) in [5.74, 6) is -1.06. The van der Waals surface area contributed by atoms with Crippen molar-refractivity contribution in [1.82, 2.24) is 4.90 Å². The van der Waals surface area contributed by atoms with Crippen molar-refractivity contribution in [1.29, 1.82) is 0 Å². The Hall–Kier alpha value is -2.04. The third kappa shape index (κ3) is 4.26. The van der Waals surface area contributed by atoms with Crippen LogP contribution in [0.15, 0.2) is 30.3 Å². The van der Waals surface area contributed by atoms with Crippen molar-refractivity contribution in [3.63, 3.8) is 0 Å². The number of ether oxygens (including phenoxy) is 1. The zero-order chi connectivity index (χ0) is 15.3. The summed E-state index contributed by atoms with van der Waals surface area (Å²) in [4.78, 5) is 24.5. The minimum atomic E-state index is -1.06. The van der Waals surface area contributed by atoms with E-state index >= 15 is 0 Å². The summed E-state index contributed by atoms with van der Waals surface area (Å²) < 4.78 is 5.21. The van der Waals surface area contributed by atoms with Crippen LogP contribution in [-0.4, -0.2) is 33.6 Å². The van der Waals surface area contributed by atoms with E-state index in [1.54, 1.807) is 20.8 Å². The van der Waals surface area contributed by atoms with E-state index in [4.69, 9.17) is 9.84 Å². The summed E-state index contributed by atoms with van der Waals surface area (Å²) in [5, 5.41) is 9.10. The molecule has 0 aliphatic carbocycles. The van der Waals surface area contributed by atoms with Gasteiger partial charge in [-0.15, -0.1) is 0 Å². The van der Waals surface area contributed by atoms with Crippen molar-refractivity contribution in [3.8, 4) is 0 Å². The Morgan fingerprint density at radius 2 is 1.80 bits per heavy atom. The predicted octanol–water partition coefficient (Wildman–Crippen LogP) is 2.90. The first kappa shape index (κ1) is 16.0. The second kappa shape index (κ2) is 6.41. The van der Waals surface area contributed by atoms with Crippen molar-refractivity contribution >= 4 is 12.1 Å². The number of benzene rings is 1. The third-order valence-electron chi connectivity index (χ3n) is 2.87. The number of carbonyl (C=O) groups is 2. The number of carboxylic acids is 1. The van der Waals surface area contributed by atoms with Crippen molar-refractivity contribution in [2.45, 2.75) is 45.9 Å². The number of hydrogen-bond acceptors (Lipinski definition) is 3. The molecule has 0 spiro atoms. The van der Waals surface area contributed by atoms with E-state index in [0.29, 0.717) is 0 Å². The van der Waals surface area contributed by atoms with Gasteiger partial charge in [0.2, 0.25) is 0 Å². The van der Waals surface area contributed by atoms with Crippen LogP contribution in [0.4, 0.5) is 4.79 Å². The second-order valence-electron chi connectivity index (χ2n) is 5.60. The van der Waals surface area contributed by atoms with Gasteiger partial charge in [0.25, 0.3) is 0 Å². The Morgan fingerprint density at radius 1 is 1.25 bits per heavy atom. The molecule has 0 fully saturated rings. The van der Waals surface area contributed by atoms with E-state index in [0.717, 1.165) is 5.56 Å². The monoisotopic (exact) mass is 279 g/mol. The number of hydrogen-bond donors (Lipinski definition) is 1. The predicted molar refractivity (Wildman–Crippen MR) is 75.3 cm³/mol. The normalized spacial score (nSPS) is 12.6. The second-order valence-corrected chi connectivity index (χ2v) is 5.60. The zero-order valence-electron chi connectivity index (χ0n) is 12.3. The van der Waals surface area contributed by atoms with Gasteiger partial charge in [0.15, 0.2) is 0 Å². The highest BCUT2D eigenvalue weighted by atomic mass is 16.6. The number of aliphatic carboxylic acids is 1. The quantitative estimate of drug-likeness (QED) is 0.920. The molecule has 1 rings (SSSR count). The van der Waals surface area contributed by atoms with Crippen LogP contribution in [0.5, 0.6) is 0 Å². The van der Waals surface area contributed by atoms with E-state index in [1.807, 2.05) is 30.3 Å². The molecule has 0 saturated heterocycles. The topological polar surface area (TPSA) is 66.8 Å². The summed E-state index contributed by atoms with van der Waals surface area (Å²) in [7, 11) is 0. The molecule has 1 aromatic carbocycles. The van der Waals surface area contributed by atoms with Crippen LogP contribution in [-0.2, 0) is 16.1 Å². The van der Waals surface area contributed by atoms with Gasteiger partial charge >= 0.3 is 12.1 Å². The maximum atomic E-state index is 12.1. The smallest absolute Gasteiger partial charge is 0.411 e. The third-order valence-corrected chi connectivity index (χ3v) is 2.87. The lowest BCUT2D eigenvalue weighted by molar-refractivity contribution is -0.143. The van der Waals surface area contributed by atoms with E-state index in [9.17, 15) is 9.59 Å². The standard InChI is InChI=1S/C15H21NO4/c1-11(13(17)18)16(15(2,3)4)14(19)20-10-12-8-6-5-7-9-12/h5-9,11H,10H2,1-4H3,(H,17,18)/t11-/m0/s1. The van der Waals surface area contributed by atoms with Crippen molar-refractivity contribution in [3.05, 3.63) is 35.9 Å². The molecule has 0 aromatic heterocycles. The molecule has 5 nitrogen and oxygen atoms in total. The fourth-order valence-corrected chi connectivity index (χ4v) is 1.91. The first-order chi connectivity index (χ1) is 9.23. The highest BCUT2D eigenvalue weighted by Crippen LogP contribution is 2.19. The van der Waals surface area contributed by atoms with Gasteiger partial charge in [0.1, 0.15) is 12.6 Å². The summed E-state index contributed by atoms with van der Waals surface area (Å²) in [6.45, 7) is 6.92. The van der Waals surface area contributed by atoms with E-state index in [1.165, 1.54) is 11.8 Å². The molecule has 0 saturated carbocycles. The summed E-state index contributed by atoms with van der Waals surface area (Å²) >= 11 is 0. The molecule has 20 heavy (non-hydrogen) atoms. The molecule has 1 amide bonds. The fourth-order valence-electron chi connectivity index (χ4n) is 1.91. The van der Waals surface area contributed by atoms with Crippen LogP contribution in [0.3, 0.4) is 0 Å². The van der Waals surface area contributed by atoms with Crippen LogP contribution in [0.1, 0.15) is 33.3 Å². The highest BCUT2D eigenvalue weighted by Gasteiger charge is 2.35. The number of carbonyl (C=O) groups excluding carboxylic acids is 1. The largest absolute Gasteiger partial charge is 0.480 e. The SMILES string of the molecule is C[C@@H](C(=O)O)N(C(=O)OCc1ccccc1)C(C)(C)C. The van der Waals surface area contributed by atoms with Gasteiger partial charge in [-0.25, -0.2) is 9.59 Å². The van der Waals surface area contributed by atoms with Crippen molar-refractivity contribution in [2.24, 2.45) is 0 Å². The Kier molecular flexibility index (Phi) is 5.13. The molecule has 0 bridgehead atoms. The maximum Gasteiger partial charge on any atom is 0.411 e. The van der Waals surface area contributed by atoms with E-state index < -0.39 is 23.6 Å². The molecule has 0 aliphatic rings. The van der Waals surface area contributed by atoms with Crippen LogP contribution < -0.4 is 0 Å². The minimum Gasteiger partial charge on any atom is -0.480 e. The lowest BCUT2D eigenvalue weighted by Crippen LogP contribution is -2.53. The average Bonchev–Trinajstić information content (AvgIpc) is 2.36. The lowest BCUT2D eigenvalue weighted by Gasteiger charge is -2.37. The number of nitrogens with zero attached hydrogens (tertiary/aromatic N) is 1. The molecule has 5 heteroatoms. The Labute approximate surface area is 119 Å². The summed E-state index contributed by atoms with van der Waals surface area (Å²) in [6.07, 6.45) is -0.628. The summed E-state index contributed by atoms with van der Waals surface area (Å²) in [6, 6.07) is 8.32. The maximum absolute atomic E-state index is 12.1. The van der Waals surface area contributed by atoms with Crippen LogP contribution in [0.2, 0.25) is 0 Å². The minimum absolute atomic E-state index is 0.124. The van der Waals surface area contributed by atoms with Gasteiger partial charge in [0, 0.05) is 5.54 Å². The van der Waals surface area contributed by atoms with Gasteiger partial charge in [-0.1, -0.05) is 30.3 Å². The van der Waals surface area contributed by atoms with Gasteiger partial charge in [-0.2, -0.15) is 0 Å². The molecule has 1 atom stereocenters. The molecule has 0 heterocycles. The molecule has 0 aliphatic heterocycles. The fraction of sp³-hybridized carbons (Fsp3) is 0.467. The number of amides is 1. The zero-order valence-corrected chi connectivity index (χ0v) is 12.3. The molecular weight excluding hydrogens is 258 g/mol. The van der Waals surface area contributed by atoms with Gasteiger partial charge in [0.05, 0.1) is 0 Å². The first-order valence-electron chi connectivity index (χ1n) is 6.46. The average molecular weight is 279 g/mol. The Morgan fingerprint density at radius 3 is 2.25 bits per heavy atom. The van der Waals surface area contributed by atoms with E-state index in [-0.39, 0.29) is 6.61 Å². The molecule has 0 radical (unpaired) electrons. The van der Waals surface area contributed by atoms with Crippen LogP contribution >= 0.6 is 0 Å². The van der Waals surface area contributed by atoms with Crippen LogP contribution in [0.25, 0.3) is 0 Å².